The van der Waals surface area contributed by atoms with E-state index in [-0.39, 0.29) is 17.5 Å². The van der Waals surface area contributed by atoms with Crippen molar-refractivity contribution in [1.29, 1.82) is 0 Å². The van der Waals surface area contributed by atoms with Crippen LogP contribution in [-0.4, -0.2) is 36.0 Å². The molecule has 0 amide bonds. The number of allylic oxidation sites excluding steroid dienone is 2. The fourth-order valence-electron chi connectivity index (χ4n) is 4.23. The summed E-state index contributed by atoms with van der Waals surface area (Å²) < 4.78 is 0. The van der Waals surface area contributed by atoms with Crippen LogP contribution < -0.4 is 0 Å². The van der Waals surface area contributed by atoms with Crippen molar-refractivity contribution in [2.75, 3.05) is 13.2 Å². The molecule has 2 rings (SSSR count). The smallest absolute Gasteiger partial charge is 0.168 e. The van der Waals surface area contributed by atoms with Gasteiger partial charge < -0.3 is 14.8 Å². The van der Waals surface area contributed by atoms with E-state index in [1.165, 1.54) is 0 Å². The fourth-order valence-corrected chi connectivity index (χ4v) is 4.23. The molecule has 1 unspecified atom stereocenters. The molecule has 6 heteroatoms. The van der Waals surface area contributed by atoms with Gasteiger partial charge in [-0.2, -0.15) is 0 Å². The maximum atomic E-state index is 13.1. The third-order valence-electron chi connectivity index (χ3n) is 5.40. The summed E-state index contributed by atoms with van der Waals surface area (Å²) in [6, 6.07) is 2.11. The average molecular weight is 415 g/mol. The lowest BCUT2D eigenvalue weighted by molar-refractivity contribution is -0.116. The summed E-state index contributed by atoms with van der Waals surface area (Å²) in [7, 11) is 0. The summed E-state index contributed by atoms with van der Waals surface area (Å²) in [5, 5.41) is 19.0. The lowest BCUT2D eigenvalue weighted by Gasteiger charge is -2.28. The van der Waals surface area contributed by atoms with Crippen molar-refractivity contribution in [3.8, 4) is 0 Å². The van der Waals surface area contributed by atoms with Crippen molar-refractivity contribution in [2.45, 2.75) is 73.1 Å². The monoisotopic (exact) mass is 414 g/mol. The first-order valence-electron chi connectivity index (χ1n) is 10.8. The molecule has 6 nitrogen and oxygen atoms in total. The molecule has 1 atom stereocenters. The quantitative estimate of drug-likeness (QED) is 0.431. The Morgan fingerprint density at radius 1 is 1.13 bits per heavy atom. The molecular weight excluding hydrogens is 380 g/mol. The van der Waals surface area contributed by atoms with Crippen molar-refractivity contribution >= 4 is 17.7 Å². The summed E-state index contributed by atoms with van der Waals surface area (Å²) in [5.41, 5.74) is 6.26. The number of hydrogen-bond donors (Lipinski definition) is 1. The lowest BCUT2D eigenvalue weighted by atomic mass is 9.76. The van der Waals surface area contributed by atoms with Crippen LogP contribution in [0.5, 0.6) is 0 Å². The highest BCUT2D eigenvalue weighted by Crippen LogP contribution is 2.39. The van der Waals surface area contributed by atoms with Gasteiger partial charge in [0.1, 0.15) is 19.0 Å². The number of oxime groups is 2. The van der Waals surface area contributed by atoms with Crippen LogP contribution in [0, 0.1) is 20.8 Å². The molecule has 0 saturated heterocycles. The summed E-state index contributed by atoms with van der Waals surface area (Å²) in [4.78, 5) is 23.4. The van der Waals surface area contributed by atoms with E-state index in [1.807, 2.05) is 34.6 Å². The summed E-state index contributed by atoms with van der Waals surface area (Å²) >= 11 is 0. The van der Waals surface area contributed by atoms with Crippen LogP contribution in [0.4, 0.5) is 0 Å². The third-order valence-corrected chi connectivity index (χ3v) is 5.40. The predicted molar refractivity (Wildman–Crippen MR) is 120 cm³/mol. The van der Waals surface area contributed by atoms with Gasteiger partial charge in [0.25, 0.3) is 0 Å². The van der Waals surface area contributed by atoms with Crippen molar-refractivity contribution in [3.05, 3.63) is 45.2 Å². The molecule has 0 heterocycles. The van der Waals surface area contributed by atoms with Gasteiger partial charge in [0.05, 0.1) is 17.5 Å². The molecule has 0 spiro atoms. The first-order chi connectivity index (χ1) is 14.3. The topological polar surface area (TPSA) is 80.5 Å². The zero-order valence-corrected chi connectivity index (χ0v) is 19.0. The minimum absolute atomic E-state index is 0.0837. The Balaban J connectivity index is 2.45. The molecule has 0 aliphatic heterocycles. The van der Waals surface area contributed by atoms with E-state index in [0.717, 1.165) is 34.2 Å². The Kier molecular flexibility index (Phi) is 8.63. The standard InChI is InChI=1S/C24H34N2O4/c1-7-10-20(26-30-9-3)24-21(27)12-18(13-22(24)28)23-16(5)11-15(4)19(17(23)6)14-25-29-8-2/h11,14,18,27H,7-10,12-13H2,1-6H3. The maximum Gasteiger partial charge on any atom is 0.168 e. The van der Waals surface area contributed by atoms with Gasteiger partial charge in [-0.05, 0) is 69.2 Å². The number of benzene rings is 1. The average Bonchev–Trinajstić information content (AvgIpc) is 2.68. The highest BCUT2D eigenvalue weighted by atomic mass is 16.6. The van der Waals surface area contributed by atoms with Crippen LogP contribution in [0.3, 0.4) is 0 Å². The molecule has 0 aromatic heterocycles. The molecule has 1 aliphatic rings. The first-order valence-corrected chi connectivity index (χ1v) is 10.8. The Morgan fingerprint density at radius 2 is 1.83 bits per heavy atom. The molecule has 0 bridgehead atoms. The van der Waals surface area contributed by atoms with Crippen LogP contribution in [0.25, 0.3) is 0 Å². The Bertz CT molecular complexity index is 868. The molecule has 0 fully saturated rings. The molecule has 1 aliphatic carbocycles. The highest BCUT2D eigenvalue weighted by Gasteiger charge is 2.33. The van der Waals surface area contributed by atoms with Crippen LogP contribution in [0.15, 0.2) is 27.7 Å². The Hall–Kier alpha value is -2.63. The van der Waals surface area contributed by atoms with Gasteiger partial charge >= 0.3 is 0 Å². The number of Topliss-reactive ketones (excluding diaryl/α,β-unsaturated/α-hetero) is 1. The zero-order chi connectivity index (χ0) is 22.3. The van der Waals surface area contributed by atoms with E-state index in [2.05, 4.69) is 23.3 Å². The lowest BCUT2D eigenvalue weighted by Crippen LogP contribution is -2.25. The number of nitrogens with zero attached hydrogens (tertiary/aromatic N) is 2. The first kappa shape index (κ1) is 23.6. The van der Waals surface area contributed by atoms with Gasteiger partial charge in [-0.25, -0.2) is 0 Å². The van der Waals surface area contributed by atoms with Crippen molar-refractivity contribution in [3.63, 3.8) is 0 Å². The minimum atomic E-state index is -0.0870. The van der Waals surface area contributed by atoms with E-state index in [9.17, 15) is 9.90 Å². The van der Waals surface area contributed by atoms with Gasteiger partial charge in [0, 0.05) is 18.4 Å². The second-order valence-corrected chi connectivity index (χ2v) is 7.67. The molecule has 164 valence electrons. The van der Waals surface area contributed by atoms with Crippen LogP contribution in [0.1, 0.15) is 80.2 Å². The third kappa shape index (κ3) is 5.29. The number of rotatable bonds is 9. The van der Waals surface area contributed by atoms with Crippen molar-refractivity contribution in [1.82, 2.24) is 0 Å². The summed E-state index contributed by atoms with van der Waals surface area (Å²) in [6.07, 6.45) is 3.88. The number of aryl methyl sites for hydroxylation is 2. The van der Waals surface area contributed by atoms with E-state index in [4.69, 9.17) is 9.68 Å². The summed E-state index contributed by atoms with van der Waals surface area (Å²) in [6.45, 7) is 12.8. The Labute approximate surface area is 179 Å². The largest absolute Gasteiger partial charge is 0.511 e. The number of ketones is 1. The van der Waals surface area contributed by atoms with E-state index >= 15 is 0 Å². The molecule has 1 N–H and O–H groups in total. The van der Waals surface area contributed by atoms with E-state index in [1.54, 1.807) is 6.21 Å². The second-order valence-electron chi connectivity index (χ2n) is 7.67. The molecule has 0 radical (unpaired) electrons. The zero-order valence-electron chi connectivity index (χ0n) is 19.0. The number of aliphatic hydroxyl groups excluding tert-OH is 1. The SMILES string of the molecule is CCCC(=NOCC)C1=C(O)CC(c2c(C)cc(C)c(C=NOCC)c2C)CC1=O. The van der Waals surface area contributed by atoms with Crippen LogP contribution in [-0.2, 0) is 14.5 Å². The number of carbonyl (C=O) groups excluding carboxylic acids is 1. The fraction of sp³-hybridized carbons (Fsp3) is 0.542. The normalized spacial score (nSPS) is 17.7. The summed E-state index contributed by atoms with van der Waals surface area (Å²) in [5.74, 6) is -0.0670. The van der Waals surface area contributed by atoms with Crippen molar-refractivity contribution < 1.29 is 19.6 Å². The number of aliphatic hydroxyl groups is 1. The van der Waals surface area contributed by atoms with E-state index in [0.29, 0.717) is 43.8 Å². The van der Waals surface area contributed by atoms with Gasteiger partial charge in [-0.15, -0.1) is 0 Å². The molecule has 30 heavy (non-hydrogen) atoms. The number of carbonyl (C=O) groups is 1. The maximum absolute atomic E-state index is 13.1. The van der Waals surface area contributed by atoms with Gasteiger partial charge in [-0.3, -0.25) is 4.79 Å². The van der Waals surface area contributed by atoms with E-state index < -0.39 is 0 Å². The molecular formula is C24H34N2O4. The predicted octanol–water partition coefficient (Wildman–Crippen LogP) is 5.43. The van der Waals surface area contributed by atoms with Crippen LogP contribution in [0.2, 0.25) is 0 Å². The Morgan fingerprint density at radius 3 is 2.43 bits per heavy atom. The van der Waals surface area contributed by atoms with Gasteiger partial charge in [-0.1, -0.05) is 29.7 Å². The number of hydrogen-bond acceptors (Lipinski definition) is 6. The molecule has 0 saturated carbocycles. The van der Waals surface area contributed by atoms with Crippen LogP contribution >= 0.6 is 0 Å². The minimum Gasteiger partial charge on any atom is -0.511 e. The van der Waals surface area contributed by atoms with Crippen molar-refractivity contribution in [2.24, 2.45) is 10.3 Å². The second kappa shape index (κ2) is 11.0. The van der Waals surface area contributed by atoms with Gasteiger partial charge in [0.2, 0.25) is 0 Å². The van der Waals surface area contributed by atoms with Gasteiger partial charge in [0.15, 0.2) is 5.78 Å². The molecule has 1 aromatic rings. The molecule has 1 aromatic carbocycles. The highest BCUT2D eigenvalue weighted by molar-refractivity contribution is 6.23.